The Morgan fingerprint density at radius 1 is 1.32 bits per heavy atom. The molecule has 0 bridgehead atoms. The Kier molecular flexibility index (Phi) is 3.78. The number of hydrogen-bond acceptors (Lipinski definition) is 2. The van der Waals surface area contributed by atoms with Gasteiger partial charge < -0.3 is 10.6 Å². The standard InChI is InChI=1S/C15H21FN2O/c1-15(2)7-4-9-18(10-8-15)14(19)11-5-3-6-12(16)13(11)17/h3,5-6H,4,7-10,17H2,1-2H3. The smallest absolute Gasteiger partial charge is 0.256 e. The first-order chi connectivity index (χ1) is 8.91. The number of benzene rings is 1. The zero-order valence-corrected chi connectivity index (χ0v) is 11.6. The second-order valence-electron chi connectivity index (χ2n) is 6.01. The van der Waals surface area contributed by atoms with E-state index >= 15 is 0 Å². The van der Waals surface area contributed by atoms with E-state index in [0.29, 0.717) is 6.54 Å². The van der Waals surface area contributed by atoms with Crippen LogP contribution in [0.1, 0.15) is 43.5 Å². The molecule has 1 saturated heterocycles. The number of nitrogens with zero attached hydrogens (tertiary/aromatic N) is 1. The van der Waals surface area contributed by atoms with Gasteiger partial charge in [0.2, 0.25) is 0 Å². The highest BCUT2D eigenvalue weighted by Crippen LogP contribution is 2.30. The van der Waals surface area contributed by atoms with E-state index in [4.69, 9.17) is 5.73 Å². The lowest BCUT2D eigenvalue weighted by Crippen LogP contribution is -2.33. The lowest BCUT2D eigenvalue weighted by atomic mass is 9.85. The highest BCUT2D eigenvalue weighted by molar-refractivity contribution is 5.99. The molecule has 2 rings (SSSR count). The lowest BCUT2D eigenvalue weighted by molar-refractivity contribution is 0.0758. The number of carbonyl (C=O) groups is 1. The number of carbonyl (C=O) groups excluding carboxylic acids is 1. The number of rotatable bonds is 1. The highest BCUT2D eigenvalue weighted by Gasteiger charge is 2.26. The number of halogens is 1. The molecule has 0 spiro atoms. The van der Waals surface area contributed by atoms with Gasteiger partial charge in [-0.25, -0.2) is 4.39 Å². The molecule has 3 nitrogen and oxygen atoms in total. The van der Waals surface area contributed by atoms with Crippen LogP contribution in [0.5, 0.6) is 0 Å². The number of nitrogens with two attached hydrogens (primary N) is 1. The summed E-state index contributed by atoms with van der Waals surface area (Å²) in [6.07, 6.45) is 3.05. The van der Waals surface area contributed by atoms with Crippen molar-refractivity contribution in [3.05, 3.63) is 29.6 Å². The summed E-state index contributed by atoms with van der Waals surface area (Å²) in [6, 6.07) is 4.40. The van der Waals surface area contributed by atoms with Crippen LogP contribution in [0.3, 0.4) is 0 Å². The maximum Gasteiger partial charge on any atom is 0.256 e. The fraction of sp³-hybridized carbons (Fsp3) is 0.533. The van der Waals surface area contributed by atoms with Crippen LogP contribution in [0.15, 0.2) is 18.2 Å². The van der Waals surface area contributed by atoms with Crippen molar-refractivity contribution in [2.45, 2.75) is 33.1 Å². The third-order valence-electron chi connectivity index (χ3n) is 3.91. The molecule has 1 amide bonds. The van der Waals surface area contributed by atoms with Gasteiger partial charge in [0, 0.05) is 13.1 Å². The van der Waals surface area contributed by atoms with E-state index in [-0.39, 0.29) is 22.6 Å². The SMILES string of the molecule is CC1(C)CCCN(C(=O)c2cccc(F)c2N)CC1. The molecular weight excluding hydrogens is 243 g/mol. The topological polar surface area (TPSA) is 46.3 Å². The van der Waals surface area contributed by atoms with Crippen LogP contribution in [0.25, 0.3) is 0 Å². The van der Waals surface area contributed by atoms with E-state index in [1.165, 1.54) is 12.1 Å². The fourth-order valence-corrected chi connectivity index (χ4v) is 2.52. The molecular formula is C15H21FN2O. The molecule has 2 N–H and O–H groups in total. The molecule has 0 aromatic heterocycles. The first-order valence-electron chi connectivity index (χ1n) is 6.74. The first kappa shape index (κ1) is 13.8. The Labute approximate surface area is 113 Å². The summed E-state index contributed by atoms with van der Waals surface area (Å²) in [5.74, 6) is -0.685. The van der Waals surface area contributed by atoms with Gasteiger partial charge in [-0.2, -0.15) is 0 Å². The Bertz CT molecular complexity index is 485. The normalized spacial score (nSPS) is 19.0. The van der Waals surface area contributed by atoms with Gasteiger partial charge in [-0.15, -0.1) is 0 Å². The predicted octanol–water partition coefficient (Wildman–Crippen LogP) is 3.06. The van der Waals surface area contributed by atoms with Crippen molar-refractivity contribution in [1.82, 2.24) is 4.90 Å². The quantitative estimate of drug-likeness (QED) is 0.792. The molecule has 0 saturated carbocycles. The summed E-state index contributed by atoms with van der Waals surface area (Å²) in [5, 5.41) is 0. The van der Waals surface area contributed by atoms with Crippen molar-refractivity contribution in [1.29, 1.82) is 0 Å². The predicted molar refractivity (Wildman–Crippen MR) is 74.3 cm³/mol. The molecule has 104 valence electrons. The summed E-state index contributed by atoms with van der Waals surface area (Å²) in [6.45, 7) is 5.87. The molecule has 1 heterocycles. The van der Waals surface area contributed by atoms with E-state index in [1.807, 2.05) is 0 Å². The average Bonchev–Trinajstić information content (AvgIpc) is 2.53. The van der Waals surface area contributed by atoms with Crippen LogP contribution in [0, 0.1) is 11.2 Å². The molecule has 0 unspecified atom stereocenters. The Balaban J connectivity index is 2.18. The summed E-state index contributed by atoms with van der Waals surface area (Å²) >= 11 is 0. The van der Waals surface area contributed by atoms with Crippen molar-refractivity contribution in [2.24, 2.45) is 5.41 Å². The lowest BCUT2D eigenvalue weighted by Gasteiger charge is -2.23. The summed E-state index contributed by atoms with van der Waals surface area (Å²) in [5.41, 5.74) is 6.16. The Morgan fingerprint density at radius 3 is 2.79 bits per heavy atom. The number of para-hydroxylation sites is 1. The van der Waals surface area contributed by atoms with E-state index in [1.54, 1.807) is 11.0 Å². The molecule has 19 heavy (non-hydrogen) atoms. The zero-order valence-electron chi connectivity index (χ0n) is 11.6. The van der Waals surface area contributed by atoms with Crippen LogP contribution in [0.2, 0.25) is 0 Å². The molecule has 1 aromatic carbocycles. The van der Waals surface area contributed by atoms with Crippen LogP contribution in [-0.4, -0.2) is 23.9 Å². The molecule has 1 aromatic rings. The molecule has 4 heteroatoms. The molecule has 1 aliphatic heterocycles. The largest absolute Gasteiger partial charge is 0.396 e. The van der Waals surface area contributed by atoms with Crippen molar-refractivity contribution >= 4 is 11.6 Å². The van der Waals surface area contributed by atoms with Gasteiger partial charge in [-0.1, -0.05) is 19.9 Å². The van der Waals surface area contributed by atoms with Crippen LogP contribution in [0.4, 0.5) is 10.1 Å². The van der Waals surface area contributed by atoms with Crippen molar-refractivity contribution in [3.63, 3.8) is 0 Å². The Hall–Kier alpha value is -1.58. The molecule has 0 aliphatic carbocycles. The zero-order chi connectivity index (χ0) is 14.0. The van der Waals surface area contributed by atoms with E-state index in [0.717, 1.165) is 25.8 Å². The van der Waals surface area contributed by atoms with Gasteiger partial charge in [0.1, 0.15) is 5.82 Å². The molecule has 1 fully saturated rings. The van der Waals surface area contributed by atoms with Crippen LogP contribution in [-0.2, 0) is 0 Å². The average molecular weight is 264 g/mol. The maximum absolute atomic E-state index is 13.4. The van der Waals surface area contributed by atoms with Crippen LogP contribution >= 0.6 is 0 Å². The summed E-state index contributed by atoms with van der Waals surface area (Å²) in [7, 11) is 0. The monoisotopic (exact) mass is 264 g/mol. The van der Waals surface area contributed by atoms with E-state index in [9.17, 15) is 9.18 Å². The number of nitrogen functional groups attached to an aromatic ring is 1. The minimum absolute atomic E-state index is 0.0454. The number of amides is 1. The molecule has 0 atom stereocenters. The summed E-state index contributed by atoms with van der Waals surface area (Å²) < 4.78 is 13.4. The van der Waals surface area contributed by atoms with Gasteiger partial charge in [0.05, 0.1) is 11.3 Å². The number of anilines is 1. The molecule has 0 radical (unpaired) electrons. The first-order valence-corrected chi connectivity index (χ1v) is 6.74. The van der Waals surface area contributed by atoms with Crippen LogP contribution < -0.4 is 5.73 Å². The van der Waals surface area contributed by atoms with Gasteiger partial charge in [0.15, 0.2) is 0 Å². The highest BCUT2D eigenvalue weighted by atomic mass is 19.1. The number of likely N-dealkylation sites (tertiary alicyclic amines) is 1. The second kappa shape index (κ2) is 5.19. The minimum Gasteiger partial charge on any atom is -0.396 e. The maximum atomic E-state index is 13.4. The van der Waals surface area contributed by atoms with Gasteiger partial charge in [0.25, 0.3) is 5.91 Å². The van der Waals surface area contributed by atoms with Gasteiger partial charge in [-0.3, -0.25) is 4.79 Å². The molecule has 1 aliphatic rings. The summed E-state index contributed by atoms with van der Waals surface area (Å²) in [4.78, 5) is 14.2. The second-order valence-corrected chi connectivity index (χ2v) is 6.01. The fourth-order valence-electron chi connectivity index (χ4n) is 2.52. The van der Waals surface area contributed by atoms with E-state index in [2.05, 4.69) is 13.8 Å². The number of hydrogen-bond donors (Lipinski definition) is 1. The van der Waals surface area contributed by atoms with E-state index < -0.39 is 5.82 Å². The Morgan fingerprint density at radius 2 is 2.05 bits per heavy atom. The van der Waals surface area contributed by atoms with Crippen molar-refractivity contribution in [2.75, 3.05) is 18.8 Å². The third kappa shape index (κ3) is 3.06. The van der Waals surface area contributed by atoms with Gasteiger partial charge >= 0.3 is 0 Å². The third-order valence-corrected chi connectivity index (χ3v) is 3.91. The van der Waals surface area contributed by atoms with Crippen molar-refractivity contribution in [3.8, 4) is 0 Å². The van der Waals surface area contributed by atoms with Crippen molar-refractivity contribution < 1.29 is 9.18 Å². The minimum atomic E-state index is -0.527. The van der Waals surface area contributed by atoms with Gasteiger partial charge in [-0.05, 0) is 36.8 Å².